The first-order valence-electron chi connectivity index (χ1n) is 9.76. The van der Waals surface area contributed by atoms with E-state index in [4.69, 9.17) is 0 Å². The predicted octanol–water partition coefficient (Wildman–Crippen LogP) is 3.39. The largest absolute Gasteiger partial charge is 0.338 e. The predicted molar refractivity (Wildman–Crippen MR) is 112 cm³/mol. The van der Waals surface area contributed by atoms with Crippen LogP contribution in [0.25, 0.3) is 0 Å². The van der Waals surface area contributed by atoms with Crippen LogP contribution in [0.2, 0.25) is 0 Å². The van der Waals surface area contributed by atoms with Crippen LogP contribution in [-0.4, -0.2) is 44.6 Å². The fraction of sp³-hybridized carbons (Fsp3) is 0.333. The van der Waals surface area contributed by atoms with Gasteiger partial charge in [-0.3, -0.25) is 14.6 Å². The minimum Gasteiger partial charge on any atom is -0.338 e. The van der Waals surface area contributed by atoms with Gasteiger partial charge >= 0.3 is 0 Å². The smallest absolute Gasteiger partial charge is 0.265 e. The maximum atomic E-state index is 12.5. The number of carbonyl (C=O) groups is 2. The van der Waals surface area contributed by atoms with E-state index in [1.54, 1.807) is 17.9 Å². The molecule has 1 aliphatic heterocycles. The van der Waals surface area contributed by atoms with Gasteiger partial charge in [0, 0.05) is 25.6 Å². The van der Waals surface area contributed by atoms with Gasteiger partial charge in [0.1, 0.15) is 10.7 Å². The summed E-state index contributed by atoms with van der Waals surface area (Å²) < 4.78 is 1.88. The van der Waals surface area contributed by atoms with Gasteiger partial charge < -0.3 is 10.2 Å². The molecule has 1 N–H and O–H groups in total. The molecule has 1 aromatic carbocycles. The van der Waals surface area contributed by atoms with Gasteiger partial charge in [0.15, 0.2) is 0 Å². The van der Waals surface area contributed by atoms with Crippen molar-refractivity contribution >= 4 is 29.0 Å². The molecule has 1 aliphatic rings. The van der Waals surface area contributed by atoms with Crippen molar-refractivity contribution in [2.24, 2.45) is 0 Å². The molecule has 3 heterocycles. The molecule has 29 heavy (non-hydrogen) atoms. The van der Waals surface area contributed by atoms with Crippen LogP contribution < -0.4 is 5.32 Å². The molecule has 4 rings (SSSR count). The Morgan fingerprint density at radius 2 is 1.93 bits per heavy atom. The van der Waals surface area contributed by atoms with Gasteiger partial charge in [0.25, 0.3) is 5.91 Å². The maximum Gasteiger partial charge on any atom is 0.265 e. The summed E-state index contributed by atoms with van der Waals surface area (Å²) in [5.74, 6) is 0.740. The summed E-state index contributed by atoms with van der Waals surface area (Å²) in [6, 6.07) is 12.0. The summed E-state index contributed by atoms with van der Waals surface area (Å²) in [7, 11) is 0. The first-order valence-corrected chi connectivity index (χ1v) is 10.6. The molecular formula is C21H23N5O2S. The third kappa shape index (κ3) is 4.71. The minimum absolute atomic E-state index is 0.0200. The van der Waals surface area contributed by atoms with Crippen molar-refractivity contribution < 1.29 is 9.59 Å². The van der Waals surface area contributed by atoms with E-state index < -0.39 is 0 Å². The number of aryl methyl sites for hydroxylation is 1. The number of piperidine rings is 1. The molecule has 0 radical (unpaired) electrons. The van der Waals surface area contributed by atoms with Gasteiger partial charge in [-0.2, -0.15) is 5.10 Å². The Morgan fingerprint density at radius 1 is 1.14 bits per heavy atom. The summed E-state index contributed by atoms with van der Waals surface area (Å²) in [6.45, 7) is 1.34. The molecule has 2 amide bonds. The van der Waals surface area contributed by atoms with Gasteiger partial charge in [-0.1, -0.05) is 30.3 Å². The number of thiazole rings is 1. The zero-order chi connectivity index (χ0) is 20.1. The molecule has 0 aliphatic carbocycles. The highest BCUT2D eigenvalue weighted by Gasteiger charge is 2.26. The van der Waals surface area contributed by atoms with E-state index in [-0.39, 0.29) is 17.9 Å². The topological polar surface area (TPSA) is 80.1 Å². The quantitative estimate of drug-likeness (QED) is 0.677. The van der Waals surface area contributed by atoms with Crippen LogP contribution in [0.1, 0.15) is 40.5 Å². The van der Waals surface area contributed by atoms with E-state index in [1.807, 2.05) is 46.0 Å². The number of carbonyl (C=O) groups excluding carboxylic acids is 2. The lowest BCUT2D eigenvalue weighted by Crippen LogP contribution is -2.39. The Kier molecular flexibility index (Phi) is 6.00. The second-order valence-corrected chi connectivity index (χ2v) is 7.97. The third-order valence-electron chi connectivity index (χ3n) is 5.16. The molecule has 1 saturated heterocycles. The number of aromatic nitrogens is 3. The highest BCUT2D eigenvalue weighted by Crippen LogP contribution is 2.26. The van der Waals surface area contributed by atoms with E-state index in [9.17, 15) is 9.59 Å². The summed E-state index contributed by atoms with van der Waals surface area (Å²) in [5.41, 5.74) is 2.82. The Balaban J connectivity index is 1.31. The number of rotatable bonds is 6. The van der Waals surface area contributed by atoms with Gasteiger partial charge in [0.2, 0.25) is 5.91 Å². The standard InChI is InChI=1S/C21H23N5O2S/c27-20(7-6-16-4-2-1-3-5-16)24-19-8-11-23-26(19)17-9-12-25(13-10-17)21(28)18-14-22-15-29-18/h1-5,8,11,14-15,17H,6-7,9-10,12-13H2,(H,24,27). The SMILES string of the molecule is O=C(CCc1ccccc1)Nc1ccnn1C1CCN(C(=O)c2cncs2)CC1. The molecule has 8 heteroatoms. The van der Waals surface area contributed by atoms with Crippen molar-refractivity contribution in [1.82, 2.24) is 19.7 Å². The van der Waals surface area contributed by atoms with E-state index in [0.29, 0.717) is 30.8 Å². The summed E-state index contributed by atoms with van der Waals surface area (Å²) in [6.07, 6.45) is 6.07. The lowest BCUT2D eigenvalue weighted by Gasteiger charge is -2.32. The molecule has 0 atom stereocenters. The first kappa shape index (κ1) is 19.3. The zero-order valence-electron chi connectivity index (χ0n) is 16.0. The molecule has 7 nitrogen and oxygen atoms in total. The Hall–Kier alpha value is -3.00. The van der Waals surface area contributed by atoms with Gasteiger partial charge in [0.05, 0.1) is 23.9 Å². The normalized spacial score (nSPS) is 14.7. The molecule has 0 bridgehead atoms. The van der Waals surface area contributed by atoms with E-state index in [0.717, 1.165) is 24.2 Å². The molecule has 150 valence electrons. The number of hydrogen-bond acceptors (Lipinski definition) is 5. The molecular weight excluding hydrogens is 386 g/mol. The second-order valence-electron chi connectivity index (χ2n) is 7.08. The molecule has 0 spiro atoms. The fourth-order valence-corrected chi connectivity index (χ4v) is 4.19. The summed E-state index contributed by atoms with van der Waals surface area (Å²) >= 11 is 1.37. The number of benzene rings is 1. The number of amides is 2. The van der Waals surface area contributed by atoms with E-state index in [1.165, 1.54) is 11.3 Å². The van der Waals surface area contributed by atoms with Gasteiger partial charge in [-0.05, 0) is 24.8 Å². The average molecular weight is 410 g/mol. The molecule has 0 saturated carbocycles. The number of nitrogens with one attached hydrogen (secondary N) is 1. The number of nitrogens with zero attached hydrogens (tertiary/aromatic N) is 4. The molecule has 3 aromatic rings. The van der Waals surface area contributed by atoms with Crippen molar-refractivity contribution in [2.45, 2.75) is 31.7 Å². The monoisotopic (exact) mass is 409 g/mol. The number of anilines is 1. The fourth-order valence-electron chi connectivity index (χ4n) is 3.60. The van der Waals surface area contributed by atoms with Crippen molar-refractivity contribution in [3.05, 3.63) is 64.7 Å². The van der Waals surface area contributed by atoms with Gasteiger partial charge in [-0.25, -0.2) is 4.68 Å². The van der Waals surface area contributed by atoms with Crippen molar-refractivity contribution in [1.29, 1.82) is 0 Å². The number of likely N-dealkylation sites (tertiary alicyclic amines) is 1. The van der Waals surface area contributed by atoms with Crippen molar-refractivity contribution in [2.75, 3.05) is 18.4 Å². The van der Waals surface area contributed by atoms with Crippen LogP contribution >= 0.6 is 11.3 Å². The highest BCUT2D eigenvalue weighted by atomic mass is 32.1. The van der Waals surface area contributed by atoms with Crippen LogP contribution in [0.3, 0.4) is 0 Å². The Bertz CT molecular complexity index is 947. The average Bonchev–Trinajstić information content (AvgIpc) is 3.45. The van der Waals surface area contributed by atoms with Crippen molar-refractivity contribution in [3.63, 3.8) is 0 Å². The third-order valence-corrected chi connectivity index (χ3v) is 5.92. The highest BCUT2D eigenvalue weighted by molar-refractivity contribution is 7.11. The van der Waals surface area contributed by atoms with Crippen LogP contribution in [-0.2, 0) is 11.2 Å². The van der Waals surface area contributed by atoms with Gasteiger partial charge in [-0.15, -0.1) is 11.3 Å². The van der Waals surface area contributed by atoms with Crippen molar-refractivity contribution in [3.8, 4) is 0 Å². The molecule has 2 aromatic heterocycles. The summed E-state index contributed by atoms with van der Waals surface area (Å²) in [4.78, 5) is 31.4. The van der Waals surface area contributed by atoms with Crippen LogP contribution in [0.15, 0.2) is 54.3 Å². The van der Waals surface area contributed by atoms with Crippen LogP contribution in [0.5, 0.6) is 0 Å². The lowest BCUT2D eigenvalue weighted by atomic mass is 10.1. The van der Waals surface area contributed by atoms with E-state index in [2.05, 4.69) is 15.4 Å². The molecule has 0 unspecified atom stereocenters. The molecule has 1 fully saturated rings. The van der Waals surface area contributed by atoms with Crippen LogP contribution in [0, 0.1) is 0 Å². The van der Waals surface area contributed by atoms with E-state index >= 15 is 0 Å². The zero-order valence-corrected chi connectivity index (χ0v) is 16.8. The maximum absolute atomic E-state index is 12.5. The number of hydrogen-bond donors (Lipinski definition) is 1. The minimum atomic E-state index is -0.0200. The first-order chi connectivity index (χ1) is 14.2. The lowest BCUT2D eigenvalue weighted by molar-refractivity contribution is -0.116. The second kappa shape index (κ2) is 9.00. The Morgan fingerprint density at radius 3 is 2.66 bits per heavy atom. The van der Waals surface area contributed by atoms with Crippen LogP contribution in [0.4, 0.5) is 5.82 Å². The summed E-state index contributed by atoms with van der Waals surface area (Å²) in [5, 5.41) is 7.41. The Labute approximate surface area is 173 Å².